The van der Waals surface area contributed by atoms with E-state index >= 15 is 0 Å². The fourth-order valence-corrected chi connectivity index (χ4v) is 3.25. The van der Waals surface area contributed by atoms with Crippen molar-refractivity contribution < 1.29 is 9.53 Å². The predicted octanol–water partition coefficient (Wildman–Crippen LogP) is 4.11. The van der Waals surface area contributed by atoms with Crippen LogP contribution in [0.2, 0.25) is 0 Å². The Hall–Kier alpha value is -1.35. The lowest BCUT2D eigenvalue weighted by Crippen LogP contribution is -2.37. The highest BCUT2D eigenvalue weighted by atomic mass is 16.5. The van der Waals surface area contributed by atoms with Gasteiger partial charge in [-0.25, -0.2) is 0 Å². The summed E-state index contributed by atoms with van der Waals surface area (Å²) in [6, 6.07) is 5.97. The molecular weight excluding hydrogens is 274 g/mol. The molecule has 0 spiro atoms. The number of unbranched alkanes of at least 4 members (excludes halogenated alkanes) is 1. The number of hydrogen-bond donors (Lipinski definition) is 0. The van der Waals surface area contributed by atoms with Crippen LogP contribution in [-0.4, -0.2) is 30.5 Å². The summed E-state index contributed by atoms with van der Waals surface area (Å²) < 4.78 is 5.64. The second-order valence-corrected chi connectivity index (χ2v) is 6.56. The third kappa shape index (κ3) is 4.84. The minimum Gasteiger partial charge on any atom is -0.426 e. The molecule has 0 aromatic heterocycles. The van der Waals surface area contributed by atoms with Gasteiger partial charge in [-0.05, 0) is 63.2 Å². The third-order valence-electron chi connectivity index (χ3n) is 4.51. The number of ether oxygens (including phenoxy) is 1. The molecule has 2 rings (SSSR count). The molecule has 1 aromatic rings. The molecule has 1 aliphatic rings. The highest BCUT2D eigenvalue weighted by Crippen LogP contribution is 2.25. The molecule has 3 heteroatoms. The molecule has 1 unspecified atom stereocenters. The average Bonchev–Trinajstić information content (AvgIpc) is 2.49. The smallest absolute Gasteiger partial charge is 0.311 e. The number of rotatable bonds is 6. The highest BCUT2D eigenvalue weighted by Gasteiger charge is 2.23. The first-order valence-corrected chi connectivity index (χ1v) is 8.59. The van der Waals surface area contributed by atoms with E-state index in [2.05, 4.69) is 11.8 Å². The Morgan fingerprint density at radius 3 is 2.73 bits per heavy atom. The maximum atomic E-state index is 12.3. The van der Waals surface area contributed by atoms with Crippen molar-refractivity contribution in [3.05, 3.63) is 29.3 Å². The predicted molar refractivity (Wildman–Crippen MR) is 90.2 cm³/mol. The molecule has 1 heterocycles. The zero-order valence-electron chi connectivity index (χ0n) is 14.2. The van der Waals surface area contributed by atoms with E-state index < -0.39 is 0 Å². The zero-order valence-corrected chi connectivity index (χ0v) is 14.2. The van der Waals surface area contributed by atoms with Crippen LogP contribution in [0.25, 0.3) is 0 Å². The highest BCUT2D eigenvalue weighted by molar-refractivity contribution is 5.73. The minimum absolute atomic E-state index is 0.0836. The van der Waals surface area contributed by atoms with Gasteiger partial charge in [0.2, 0.25) is 0 Å². The number of aryl methyl sites for hydroxylation is 2. The maximum Gasteiger partial charge on any atom is 0.311 e. The number of likely N-dealkylation sites (tertiary alicyclic amines) is 1. The van der Waals surface area contributed by atoms with Gasteiger partial charge < -0.3 is 9.64 Å². The van der Waals surface area contributed by atoms with Gasteiger partial charge in [0, 0.05) is 13.0 Å². The fourth-order valence-electron chi connectivity index (χ4n) is 3.25. The summed E-state index contributed by atoms with van der Waals surface area (Å²) in [5, 5.41) is 0. The number of benzene rings is 1. The van der Waals surface area contributed by atoms with Crippen LogP contribution >= 0.6 is 0 Å². The Balaban J connectivity index is 1.86. The number of carbonyl (C=O) groups excluding carboxylic acids is 1. The van der Waals surface area contributed by atoms with E-state index in [1.54, 1.807) is 0 Å². The van der Waals surface area contributed by atoms with Crippen LogP contribution < -0.4 is 4.74 Å². The van der Waals surface area contributed by atoms with E-state index in [-0.39, 0.29) is 5.97 Å². The SMILES string of the molecule is CCCCN1CCCC(CC(=O)Oc2c(C)cccc2C)C1. The molecule has 0 aliphatic carbocycles. The molecule has 1 atom stereocenters. The number of esters is 1. The summed E-state index contributed by atoms with van der Waals surface area (Å²) in [7, 11) is 0. The van der Waals surface area contributed by atoms with Gasteiger partial charge in [-0.15, -0.1) is 0 Å². The van der Waals surface area contributed by atoms with Crippen LogP contribution in [0.5, 0.6) is 5.75 Å². The van der Waals surface area contributed by atoms with Crippen molar-refractivity contribution in [2.45, 2.75) is 52.9 Å². The van der Waals surface area contributed by atoms with Gasteiger partial charge in [0.1, 0.15) is 5.75 Å². The second kappa shape index (κ2) is 8.33. The molecule has 122 valence electrons. The van der Waals surface area contributed by atoms with Crippen molar-refractivity contribution in [2.24, 2.45) is 5.92 Å². The van der Waals surface area contributed by atoms with Crippen LogP contribution in [0.3, 0.4) is 0 Å². The average molecular weight is 303 g/mol. The summed E-state index contributed by atoms with van der Waals surface area (Å²) >= 11 is 0. The van der Waals surface area contributed by atoms with Crippen molar-refractivity contribution in [1.29, 1.82) is 0 Å². The maximum absolute atomic E-state index is 12.3. The van der Waals surface area contributed by atoms with Crippen LogP contribution in [0, 0.1) is 19.8 Å². The monoisotopic (exact) mass is 303 g/mol. The fraction of sp³-hybridized carbons (Fsp3) is 0.632. The normalized spacial score (nSPS) is 19.1. The van der Waals surface area contributed by atoms with Crippen LogP contribution in [0.4, 0.5) is 0 Å². The molecule has 1 fully saturated rings. The summed E-state index contributed by atoms with van der Waals surface area (Å²) in [5.41, 5.74) is 2.06. The molecular formula is C19H29NO2. The molecule has 3 nitrogen and oxygen atoms in total. The van der Waals surface area contributed by atoms with Crippen molar-refractivity contribution in [1.82, 2.24) is 4.90 Å². The second-order valence-electron chi connectivity index (χ2n) is 6.56. The van der Waals surface area contributed by atoms with Gasteiger partial charge in [-0.3, -0.25) is 4.79 Å². The molecule has 1 aliphatic heterocycles. The lowest BCUT2D eigenvalue weighted by molar-refractivity contribution is -0.136. The number of nitrogens with zero attached hydrogens (tertiary/aromatic N) is 1. The molecule has 0 saturated carbocycles. The lowest BCUT2D eigenvalue weighted by Gasteiger charge is -2.32. The van der Waals surface area contributed by atoms with E-state index in [0.717, 1.165) is 29.8 Å². The number of carbonyl (C=O) groups is 1. The summed E-state index contributed by atoms with van der Waals surface area (Å²) in [6.07, 6.45) is 5.36. The first kappa shape index (κ1) is 17.0. The quantitative estimate of drug-likeness (QED) is 0.585. The lowest BCUT2D eigenvalue weighted by atomic mass is 9.94. The molecule has 0 N–H and O–H groups in total. The third-order valence-corrected chi connectivity index (χ3v) is 4.51. The summed E-state index contributed by atoms with van der Waals surface area (Å²) in [5.74, 6) is 1.10. The van der Waals surface area contributed by atoms with Crippen molar-refractivity contribution >= 4 is 5.97 Å². The molecule has 0 radical (unpaired) electrons. The van der Waals surface area contributed by atoms with Gasteiger partial charge in [0.25, 0.3) is 0 Å². The summed E-state index contributed by atoms with van der Waals surface area (Å²) in [6.45, 7) is 9.60. The van der Waals surface area contributed by atoms with Crippen molar-refractivity contribution in [3.63, 3.8) is 0 Å². The van der Waals surface area contributed by atoms with Crippen molar-refractivity contribution in [2.75, 3.05) is 19.6 Å². The van der Waals surface area contributed by atoms with Crippen molar-refractivity contribution in [3.8, 4) is 5.75 Å². The van der Waals surface area contributed by atoms with Gasteiger partial charge in [-0.2, -0.15) is 0 Å². The molecule has 22 heavy (non-hydrogen) atoms. The largest absolute Gasteiger partial charge is 0.426 e. The van der Waals surface area contributed by atoms with Crippen LogP contribution in [0.1, 0.15) is 50.2 Å². The van der Waals surface area contributed by atoms with E-state index in [0.29, 0.717) is 12.3 Å². The number of piperidine rings is 1. The summed E-state index contributed by atoms with van der Waals surface area (Å²) in [4.78, 5) is 14.8. The Morgan fingerprint density at radius 1 is 1.32 bits per heavy atom. The Morgan fingerprint density at radius 2 is 2.05 bits per heavy atom. The van der Waals surface area contributed by atoms with Gasteiger partial charge in [0.05, 0.1) is 0 Å². The van der Waals surface area contributed by atoms with E-state index in [4.69, 9.17) is 4.74 Å². The van der Waals surface area contributed by atoms with Crippen LogP contribution in [-0.2, 0) is 4.79 Å². The first-order valence-electron chi connectivity index (χ1n) is 8.59. The zero-order chi connectivity index (χ0) is 15.9. The Bertz CT molecular complexity index is 478. The van der Waals surface area contributed by atoms with Gasteiger partial charge in [0.15, 0.2) is 0 Å². The first-order chi connectivity index (χ1) is 10.6. The molecule has 1 saturated heterocycles. The topological polar surface area (TPSA) is 29.5 Å². The molecule has 0 amide bonds. The van der Waals surface area contributed by atoms with E-state index in [1.807, 2.05) is 32.0 Å². The van der Waals surface area contributed by atoms with Gasteiger partial charge in [-0.1, -0.05) is 31.5 Å². The van der Waals surface area contributed by atoms with Crippen LogP contribution in [0.15, 0.2) is 18.2 Å². The van der Waals surface area contributed by atoms with E-state index in [1.165, 1.54) is 32.4 Å². The minimum atomic E-state index is -0.0836. The molecule has 0 bridgehead atoms. The Kier molecular flexibility index (Phi) is 6.44. The standard InChI is InChI=1S/C19H29NO2/c1-4-5-11-20-12-7-10-17(14-20)13-18(21)22-19-15(2)8-6-9-16(19)3/h6,8-9,17H,4-5,7,10-14H2,1-3H3. The molecule has 1 aromatic carbocycles. The van der Waals surface area contributed by atoms with E-state index in [9.17, 15) is 4.79 Å². The number of para-hydroxylation sites is 1. The number of hydrogen-bond acceptors (Lipinski definition) is 3. The van der Waals surface area contributed by atoms with Gasteiger partial charge >= 0.3 is 5.97 Å². The Labute approximate surface area is 134 Å².